The third kappa shape index (κ3) is 1.65. The zero-order chi connectivity index (χ0) is 8.65. The van der Waals surface area contributed by atoms with Crippen molar-refractivity contribution in [3.8, 4) is 0 Å². The third-order valence-electron chi connectivity index (χ3n) is 2.12. The Morgan fingerprint density at radius 1 is 1.27 bits per heavy atom. The summed E-state index contributed by atoms with van der Waals surface area (Å²) in [6.45, 7) is 8.85. The maximum absolute atomic E-state index is 2.25. The first-order valence-corrected chi connectivity index (χ1v) is 4.05. The van der Waals surface area contributed by atoms with Crippen LogP contribution in [0.5, 0.6) is 0 Å². The highest BCUT2D eigenvalue weighted by Crippen LogP contribution is 2.23. The van der Waals surface area contributed by atoms with E-state index in [4.69, 9.17) is 0 Å². The van der Waals surface area contributed by atoms with Gasteiger partial charge in [-0.05, 0) is 24.0 Å². The first kappa shape index (κ1) is 8.38. The first-order chi connectivity index (χ1) is 4.91. The van der Waals surface area contributed by atoms with Gasteiger partial charge >= 0.3 is 0 Å². The minimum atomic E-state index is 0.284. The Labute approximate surface area is 69.0 Å². The van der Waals surface area contributed by atoms with E-state index in [9.17, 15) is 0 Å². The van der Waals surface area contributed by atoms with Gasteiger partial charge in [0.15, 0.2) is 0 Å². The standard InChI is InChI=1S/C10H17N/c1-8-6-9(7-11(8)5)10(2,3)4/h6-7H,1-5H3. The lowest BCUT2D eigenvalue weighted by Crippen LogP contribution is -2.09. The minimum Gasteiger partial charge on any atom is -0.354 e. The quantitative estimate of drug-likeness (QED) is 0.537. The lowest BCUT2D eigenvalue weighted by Gasteiger charge is -2.15. The molecule has 1 rings (SSSR count). The summed E-state index contributed by atoms with van der Waals surface area (Å²) in [5, 5.41) is 0. The summed E-state index contributed by atoms with van der Waals surface area (Å²) in [5.41, 5.74) is 3.03. The Bertz CT molecular complexity index is 231. The average molecular weight is 151 g/mol. The van der Waals surface area contributed by atoms with Gasteiger partial charge in [-0.2, -0.15) is 0 Å². The lowest BCUT2D eigenvalue weighted by molar-refractivity contribution is 0.589. The molecule has 0 spiro atoms. The Morgan fingerprint density at radius 3 is 2.00 bits per heavy atom. The van der Waals surface area contributed by atoms with Gasteiger partial charge < -0.3 is 4.57 Å². The molecule has 1 aromatic heterocycles. The summed E-state index contributed by atoms with van der Waals surface area (Å²) in [6, 6.07) is 2.25. The summed E-state index contributed by atoms with van der Waals surface area (Å²) < 4.78 is 2.17. The van der Waals surface area contributed by atoms with Crippen molar-refractivity contribution >= 4 is 0 Å². The van der Waals surface area contributed by atoms with Crippen molar-refractivity contribution in [3.63, 3.8) is 0 Å². The average Bonchev–Trinajstić information content (AvgIpc) is 2.11. The number of hydrogen-bond acceptors (Lipinski definition) is 0. The highest BCUT2D eigenvalue weighted by atomic mass is 14.9. The lowest BCUT2D eigenvalue weighted by atomic mass is 9.89. The van der Waals surface area contributed by atoms with Crippen LogP contribution in [-0.4, -0.2) is 4.57 Å². The van der Waals surface area contributed by atoms with Gasteiger partial charge in [-0.25, -0.2) is 0 Å². The molecule has 62 valence electrons. The SMILES string of the molecule is Cc1cc(C(C)(C)C)cn1C. The predicted molar refractivity (Wildman–Crippen MR) is 48.9 cm³/mol. The zero-order valence-corrected chi connectivity index (χ0v) is 8.10. The Kier molecular flexibility index (Phi) is 1.83. The van der Waals surface area contributed by atoms with Gasteiger partial charge in [-0.3, -0.25) is 0 Å². The summed E-state index contributed by atoms with van der Waals surface area (Å²) in [5.74, 6) is 0. The van der Waals surface area contributed by atoms with Crippen LogP contribution in [0.4, 0.5) is 0 Å². The van der Waals surface area contributed by atoms with E-state index >= 15 is 0 Å². The van der Waals surface area contributed by atoms with Crippen LogP contribution in [-0.2, 0) is 12.5 Å². The smallest absolute Gasteiger partial charge is 0.0143 e. The van der Waals surface area contributed by atoms with Crippen LogP contribution < -0.4 is 0 Å². The van der Waals surface area contributed by atoms with Gasteiger partial charge in [0, 0.05) is 18.9 Å². The molecule has 0 saturated heterocycles. The number of hydrogen-bond donors (Lipinski definition) is 0. The molecule has 0 aliphatic heterocycles. The van der Waals surface area contributed by atoms with Crippen molar-refractivity contribution in [2.45, 2.75) is 33.1 Å². The molecular formula is C10H17N. The predicted octanol–water partition coefficient (Wildman–Crippen LogP) is 2.63. The molecular weight excluding hydrogens is 134 g/mol. The summed E-state index contributed by atoms with van der Waals surface area (Å²) in [7, 11) is 2.09. The molecule has 0 saturated carbocycles. The monoisotopic (exact) mass is 151 g/mol. The second-order valence-corrected chi connectivity index (χ2v) is 4.23. The second-order valence-electron chi connectivity index (χ2n) is 4.23. The van der Waals surface area contributed by atoms with Crippen LogP contribution in [0.3, 0.4) is 0 Å². The Balaban J connectivity index is 3.08. The molecule has 0 unspecified atom stereocenters. The normalized spacial score (nSPS) is 12.1. The number of rotatable bonds is 0. The van der Waals surface area contributed by atoms with E-state index in [0.29, 0.717) is 0 Å². The van der Waals surface area contributed by atoms with Gasteiger partial charge in [0.1, 0.15) is 0 Å². The van der Waals surface area contributed by atoms with Gasteiger partial charge in [-0.1, -0.05) is 20.8 Å². The van der Waals surface area contributed by atoms with Gasteiger partial charge in [-0.15, -0.1) is 0 Å². The van der Waals surface area contributed by atoms with E-state index in [0.717, 1.165) is 0 Å². The molecule has 0 atom stereocenters. The molecule has 11 heavy (non-hydrogen) atoms. The van der Waals surface area contributed by atoms with Crippen molar-refractivity contribution in [3.05, 3.63) is 23.5 Å². The fourth-order valence-corrected chi connectivity index (χ4v) is 1.08. The number of nitrogens with zero attached hydrogens (tertiary/aromatic N) is 1. The highest BCUT2D eigenvalue weighted by Gasteiger charge is 2.14. The first-order valence-electron chi connectivity index (χ1n) is 4.05. The molecule has 0 radical (unpaired) electrons. The van der Waals surface area contributed by atoms with Crippen molar-refractivity contribution in [2.75, 3.05) is 0 Å². The van der Waals surface area contributed by atoms with Gasteiger partial charge in [0.05, 0.1) is 0 Å². The molecule has 0 fully saturated rings. The van der Waals surface area contributed by atoms with Crippen molar-refractivity contribution in [1.82, 2.24) is 4.57 Å². The fraction of sp³-hybridized carbons (Fsp3) is 0.600. The van der Waals surface area contributed by atoms with Crippen molar-refractivity contribution in [2.24, 2.45) is 7.05 Å². The number of aryl methyl sites for hydroxylation is 2. The zero-order valence-electron chi connectivity index (χ0n) is 8.10. The molecule has 0 aliphatic carbocycles. The highest BCUT2D eigenvalue weighted by molar-refractivity contribution is 5.24. The van der Waals surface area contributed by atoms with E-state index in [2.05, 4.69) is 51.6 Å². The maximum Gasteiger partial charge on any atom is 0.0143 e. The molecule has 0 N–H and O–H groups in total. The minimum absolute atomic E-state index is 0.284. The number of aromatic nitrogens is 1. The van der Waals surface area contributed by atoms with Crippen LogP contribution in [0.15, 0.2) is 12.3 Å². The van der Waals surface area contributed by atoms with Crippen LogP contribution >= 0.6 is 0 Å². The Morgan fingerprint density at radius 2 is 1.82 bits per heavy atom. The molecule has 1 nitrogen and oxygen atoms in total. The maximum atomic E-state index is 2.25. The fourth-order valence-electron chi connectivity index (χ4n) is 1.08. The van der Waals surface area contributed by atoms with E-state index < -0.39 is 0 Å². The van der Waals surface area contributed by atoms with E-state index in [1.54, 1.807) is 0 Å². The molecule has 1 heteroatoms. The molecule has 0 amide bonds. The van der Waals surface area contributed by atoms with Crippen molar-refractivity contribution < 1.29 is 0 Å². The summed E-state index contributed by atoms with van der Waals surface area (Å²) >= 11 is 0. The second kappa shape index (κ2) is 2.40. The van der Waals surface area contributed by atoms with Gasteiger partial charge in [0.25, 0.3) is 0 Å². The van der Waals surface area contributed by atoms with Crippen molar-refractivity contribution in [1.29, 1.82) is 0 Å². The third-order valence-corrected chi connectivity index (χ3v) is 2.12. The Hall–Kier alpha value is -0.720. The molecule has 0 aromatic carbocycles. The molecule has 0 aliphatic rings. The van der Waals surface area contributed by atoms with E-state index in [-0.39, 0.29) is 5.41 Å². The van der Waals surface area contributed by atoms with Crippen LogP contribution in [0, 0.1) is 6.92 Å². The summed E-state index contributed by atoms with van der Waals surface area (Å²) in [6.07, 6.45) is 2.20. The topological polar surface area (TPSA) is 4.93 Å². The van der Waals surface area contributed by atoms with Crippen LogP contribution in [0.1, 0.15) is 32.0 Å². The molecule has 0 bridgehead atoms. The molecule has 1 aromatic rings. The van der Waals surface area contributed by atoms with Crippen LogP contribution in [0.25, 0.3) is 0 Å². The largest absolute Gasteiger partial charge is 0.354 e. The van der Waals surface area contributed by atoms with E-state index in [1.165, 1.54) is 11.3 Å². The van der Waals surface area contributed by atoms with Gasteiger partial charge in [0.2, 0.25) is 0 Å². The van der Waals surface area contributed by atoms with E-state index in [1.807, 2.05) is 0 Å². The summed E-state index contributed by atoms with van der Waals surface area (Å²) in [4.78, 5) is 0. The molecule has 1 heterocycles. The van der Waals surface area contributed by atoms with Crippen LogP contribution in [0.2, 0.25) is 0 Å².